The largest absolute Gasteiger partial charge is 1.00 e. The average molecular weight is 977 g/mol. The van der Waals surface area contributed by atoms with Gasteiger partial charge in [0.15, 0.2) is 4.73 Å². The second-order valence-electron chi connectivity index (χ2n) is 12.6. The number of nitrogens with zero attached hydrogens (tertiary/aromatic N) is 4. The van der Waals surface area contributed by atoms with Gasteiger partial charge in [0, 0.05) is 64.5 Å². The first-order valence-electron chi connectivity index (χ1n) is 17.3. The fourth-order valence-corrected chi connectivity index (χ4v) is 6.99. The van der Waals surface area contributed by atoms with Gasteiger partial charge in [0.25, 0.3) is 11.8 Å². The van der Waals surface area contributed by atoms with Crippen molar-refractivity contribution in [2.45, 2.75) is 37.8 Å². The number of aromatic nitrogens is 4. The number of nitrogens with one attached hydrogen (secondary N) is 3. The molecule has 20 heteroatoms. The van der Waals surface area contributed by atoms with E-state index in [1.165, 1.54) is 60.7 Å². The predicted molar refractivity (Wildman–Crippen MR) is 220 cm³/mol. The average Bonchev–Trinajstić information content (AvgIpc) is 3.80. The summed E-state index contributed by atoms with van der Waals surface area (Å²) in [6.07, 6.45) is 8.86. The molecule has 5 N–H and O–H groups in total. The number of carbonyl (C=O) groups is 2. The molecular weight excluding hydrogens is 945 g/mol. The minimum atomic E-state index is -0.570. The summed E-state index contributed by atoms with van der Waals surface area (Å²) in [7, 11) is 0. The first-order valence-corrected chi connectivity index (χ1v) is 18.8. The van der Waals surface area contributed by atoms with E-state index in [0.29, 0.717) is 81.1 Å². The molecule has 0 unspecified atom stereocenters. The van der Waals surface area contributed by atoms with E-state index in [-0.39, 0.29) is 102 Å². The van der Waals surface area contributed by atoms with E-state index in [2.05, 4.69) is 51.8 Å². The third kappa shape index (κ3) is 12.7. The van der Waals surface area contributed by atoms with Crippen LogP contribution in [0, 0.1) is 23.3 Å². The van der Waals surface area contributed by atoms with Crippen molar-refractivity contribution in [3.63, 3.8) is 0 Å². The van der Waals surface area contributed by atoms with E-state index >= 15 is 0 Å². The number of amides is 2. The van der Waals surface area contributed by atoms with Crippen LogP contribution >= 0.6 is 51.5 Å². The molecule has 2 aliphatic carbocycles. The van der Waals surface area contributed by atoms with Crippen LogP contribution in [-0.2, 0) is 12.8 Å². The quantitative estimate of drug-likeness (QED) is 0.110. The summed E-state index contributed by atoms with van der Waals surface area (Å²) in [4.78, 5) is 40.9. The molecule has 0 saturated carbocycles. The topological polar surface area (TPSA) is 148 Å². The van der Waals surface area contributed by atoms with Crippen molar-refractivity contribution in [2.75, 3.05) is 16.0 Å². The smallest absolute Gasteiger partial charge is 1.00 e. The summed E-state index contributed by atoms with van der Waals surface area (Å²) in [5.41, 5.74) is 9.48. The first-order chi connectivity index (χ1) is 27.4. The second kappa shape index (κ2) is 23.6. The van der Waals surface area contributed by atoms with Gasteiger partial charge in [0.1, 0.15) is 23.3 Å². The molecular formula is C40H32BrCl3F5KN8O2. The van der Waals surface area contributed by atoms with Gasteiger partial charge < -0.3 is 26.4 Å². The Kier molecular flexibility index (Phi) is 19.9. The summed E-state index contributed by atoms with van der Waals surface area (Å²) in [5, 5.41) is 8.27. The fraction of sp³-hybridized carbons (Fsp3) is 0.150. The van der Waals surface area contributed by atoms with Crippen LogP contribution in [0.4, 0.5) is 34.9 Å². The standard InChI is InChI=1S/C20H15ClF2N4O.C16H13ClF2N2O.C4H3BrN2.ClH.FH.K/c21-14-10-11(2-5-15(14)22)26-19(28)13-3-6-16(23)18-12(13)4-7-17(18)27-20-24-8-1-9-25-20;17-11-7-8(1-4-12(11)18)21-16(22)10-2-5-13(19)15-9(10)3-6-14(15)20;5-4-6-2-1-3-7-4;;;/h1-3,5-6,8-10,17H,4,7H2,(H,26,28)(H,24,25,27);1-2,4-5,7,14H,3,6,20H2,(H,21,22);1-3H;2*1H;/q;;;;;+1/p-1/t17-;14-;;;;/m00..../s1. The molecule has 10 nitrogen and oxygen atoms in total. The third-order valence-electron chi connectivity index (χ3n) is 8.96. The number of rotatable bonds is 6. The normalized spacial score (nSPS) is 14.1. The molecule has 6 aromatic rings. The fourth-order valence-electron chi connectivity index (χ4n) is 6.39. The number of anilines is 3. The summed E-state index contributed by atoms with van der Waals surface area (Å²) in [6, 6.07) is 16.0. The summed E-state index contributed by atoms with van der Waals surface area (Å²) < 4.78 is 55.4. The molecule has 2 heterocycles. The Labute approximate surface area is 408 Å². The number of carbonyl (C=O) groups excluding carboxylic acids is 2. The molecule has 0 saturated heterocycles. The zero-order valence-corrected chi connectivity index (χ0v) is 38.4. The Hall–Kier alpha value is -3.62. The maximum Gasteiger partial charge on any atom is 1.00 e. The van der Waals surface area contributed by atoms with Gasteiger partial charge in [-0.3, -0.25) is 9.59 Å². The molecule has 2 aliphatic rings. The van der Waals surface area contributed by atoms with Crippen molar-refractivity contribution in [2.24, 2.45) is 5.73 Å². The first kappa shape index (κ1) is 50.7. The van der Waals surface area contributed by atoms with Crippen molar-refractivity contribution < 1.29 is 83.2 Å². The molecule has 2 atom stereocenters. The summed E-state index contributed by atoms with van der Waals surface area (Å²) >= 11 is 14.5. The van der Waals surface area contributed by atoms with E-state index < -0.39 is 23.4 Å². The molecule has 0 radical (unpaired) electrons. The number of benzene rings is 4. The van der Waals surface area contributed by atoms with Gasteiger partial charge >= 0.3 is 51.4 Å². The van der Waals surface area contributed by atoms with Crippen molar-refractivity contribution in [3.8, 4) is 0 Å². The zero-order chi connectivity index (χ0) is 40.6. The van der Waals surface area contributed by atoms with Crippen molar-refractivity contribution in [3.05, 3.63) is 169 Å². The van der Waals surface area contributed by atoms with Gasteiger partial charge in [-0.25, -0.2) is 37.5 Å². The minimum absolute atomic E-state index is 0. The Morgan fingerprint density at radius 2 is 1.10 bits per heavy atom. The van der Waals surface area contributed by atoms with Gasteiger partial charge in [0.2, 0.25) is 5.95 Å². The SMILES string of the molecule is Brc1ncccn1.Cl.N[C@H]1CCc2c(C(=O)Nc3ccc(F)c(Cl)c3)ccc(F)c21.O=C(Nc1ccc(F)c(Cl)c1)c1ccc(F)c2c1CC[C@@H]2Nc1ncccn1.[F-].[K+]. The molecule has 0 fully saturated rings. The van der Waals surface area contributed by atoms with Crippen LogP contribution in [0.2, 0.25) is 10.0 Å². The molecule has 8 rings (SSSR count). The van der Waals surface area contributed by atoms with Crippen LogP contribution < -0.4 is 77.8 Å². The number of fused-ring (bicyclic) bond motifs is 2. The Balaban J connectivity index is 0.000000269. The Morgan fingerprint density at radius 3 is 1.57 bits per heavy atom. The van der Waals surface area contributed by atoms with Crippen molar-refractivity contribution in [1.82, 2.24) is 19.9 Å². The minimum Gasteiger partial charge on any atom is -1.00 e. The van der Waals surface area contributed by atoms with Crippen LogP contribution in [0.25, 0.3) is 0 Å². The molecule has 2 aromatic heterocycles. The number of hydrogen-bond acceptors (Lipinski definition) is 8. The van der Waals surface area contributed by atoms with Crippen LogP contribution in [0.15, 0.2) is 102 Å². The predicted octanol–water partition coefficient (Wildman–Crippen LogP) is 4.25. The van der Waals surface area contributed by atoms with Crippen LogP contribution in [0.5, 0.6) is 0 Å². The maximum atomic E-state index is 14.5. The molecule has 0 aliphatic heterocycles. The van der Waals surface area contributed by atoms with Gasteiger partial charge in [-0.1, -0.05) is 23.2 Å². The molecule has 60 heavy (non-hydrogen) atoms. The second-order valence-corrected chi connectivity index (χ2v) is 14.1. The van der Waals surface area contributed by atoms with Gasteiger partial charge in [-0.05, 0) is 126 Å². The van der Waals surface area contributed by atoms with Gasteiger partial charge in [-0.15, -0.1) is 12.4 Å². The number of hydrogen-bond donors (Lipinski definition) is 4. The van der Waals surface area contributed by atoms with E-state index in [0.717, 1.165) is 0 Å². The van der Waals surface area contributed by atoms with E-state index in [9.17, 15) is 27.2 Å². The summed E-state index contributed by atoms with van der Waals surface area (Å²) in [6.45, 7) is 0. The Morgan fingerprint density at radius 1 is 0.667 bits per heavy atom. The number of nitrogens with two attached hydrogens (primary N) is 1. The van der Waals surface area contributed by atoms with Crippen molar-refractivity contribution in [1.29, 1.82) is 0 Å². The van der Waals surface area contributed by atoms with Gasteiger partial charge in [-0.2, -0.15) is 0 Å². The monoisotopic (exact) mass is 974 g/mol. The molecule has 4 aromatic carbocycles. The summed E-state index contributed by atoms with van der Waals surface area (Å²) in [5.74, 6) is -2.31. The van der Waals surface area contributed by atoms with E-state index in [1.54, 1.807) is 36.9 Å². The van der Waals surface area contributed by atoms with E-state index in [1.807, 2.05) is 0 Å². The molecule has 2 amide bonds. The van der Waals surface area contributed by atoms with Crippen LogP contribution in [0.1, 0.15) is 67.9 Å². The van der Waals surface area contributed by atoms with Crippen LogP contribution in [-0.4, -0.2) is 31.8 Å². The third-order valence-corrected chi connectivity index (χ3v) is 9.95. The Bertz CT molecular complexity index is 2430. The van der Waals surface area contributed by atoms with Gasteiger partial charge in [0.05, 0.1) is 16.1 Å². The van der Waals surface area contributed by atoms with E-state index in [4.69, 9.17) is 28.9 Å². The maximum absolute atomic E-state index is 14.5. The molecule has 0 bridgehead atoms. The van der Waals surface area contributed by atoms with Crippen molar-refractivity contribution >= 4 is 80.7 Å². The molecule has 308 valence electrons. The zero-order valence-electron chi connectivity index (χ0n) is 31.3. The van der Waals surface area contributed by atoms with Crippen LogP contribution in [0.3, 0.4) is 0 Å². The molecule has 0 spiro atoms. The number of halogens is 9.